The van der Waals surface area contributed by atoms with E-state index < -0.39 is 0 Å². The van der Waals surface area contributed by atoms with Crippen LogP contribution in [0.3, 0.4) is 0 Å². The van der Waals surface area contributed by atoms with Gasteiger partial charge in [0.2, 0.25) is 5.91 Å². The molecule has 3 nitrogen and oxygen atoms in total. The second-order valence-corrected chi connectivity index (χ2v) is 9.38. The minimum Gasteiger partial charge on any atom is -0.336 e. The first kappa shape index (κ1) is 18.9. The first-order valence-electron chi connectivity index (χ1n) is 11.4. The molecule has 152 valence electrons. The summed E-state index contributed by atoms with van der Waals surface area (Å²) in [5.41, 5.74) is 2.66. The summed E-state index contributed by atoms with van der Waals surface area (Å²) >= 11 is 0. The van der Waals surface area contributed by atoms with Crippen LogP contribution in [0.25, 0.3) is 0 Å². The smallest absolute Gasteiger partial charge is 0.227 e. The molecule has 3 aliphatic rings. The lowest BCUT2D eigenvalue weighted by Crippen LogP contribution is -2.53. The minimum atomic E-state index is 0.111. The van der Waals surface area contributed by atoms with Crippen molar-refractivity contribution in [1.82, 2.24) is 9.80 Å². The molecule has 0 bridgehead atoms. The van der Waals surface area contributed by atoms with Crippen LogP contribution in [0.2, 0.25) is 0 Å². The Labute approximate surface area is 174 Å². The van der Waals surface area contributed by atoms with Gasteiger partial charge in [-0.1, -0.05) is 79.9 Å². The van der Waals surface area contributed by atoms with Crippen LogP contribution in [0.1, 0.15) is 43.2 Å². The summed E-state index contributed by atoms with van der Waals surface area (Å²) in [5.74, 6) is 1.63. The van der Waals surface area contributed by atoms with Crippen molar-refractivity contribution >= 4 is 5.91 Å². The van der Waals surface area contributed by atoms with Crippen LogP contribution in [0.15, 0.2) is 60.7 Å². The third kappa shape index (κ3) is 3.61. The molecule has 0 N–H and O–H groups in total. The van der Waals surface area contributed by atoms with Crippen LogP contribution >= 0.6 is 0 Å². The van der Waals surface area contributed by atoms with Crippen LogP contribution in [0, 0.1) is 11.8 Å². The van der Waals surface area contributed by atoms with E-state index in [4.69, 9.17) is 0 Å². The van der Waals surface area contributed by atoms with Gasteiger partial charge in [0.25, 0.3) is 0 Å². The van der Waals surface area contributed by atoms with Gasteiger partial charge in [-0.3, -0.25) is 9.69 Å². The number of fused-ring (bicyclic) bond motifs is 2. The number of hydrogen-bond acceptors (Lipinski definition) is 2. The van der Waals surface area contributed by atoms with E-state index in [-0.39, 0.29) is 5.54 Å². The molecular formula is C26H32N2O. The van der Waals surface area contributed by atoms with Crippen molar-refractivity contribution in [2.24, 2.45) is 11.8 Å². The Hall–Kier alpha value is -2.13. The van der Waals surface area contributed by atoms with Gasteiger partial charge in [-0.2, -0.15) is 0 Å². The molecule has 2 aromatic rings. The largest absolute Gasteiger partial charge is 0.336 e. The maximum atomic E-state index is 13.4. The fourth-order valence-electron chi connectivity index (χ4n) is 6.36. The van der Waals surface area contributed by atoms with Crippen molar-refractivity contribution in [3.05, 3.63) is 71.8 Å². The molecule has 0 aromatic heterocycles. The van der Waals surface area contributed by atoms with E-state index in [0.29, 0.717) is 24.2 Å². The summed E-state index contributed by atoms with van der Waals surface area (Å²) < 4.78 is 0. The number of carbonyl (C=O) groups excluding carboxylic acids is 1. The predicted molar refractivity (Wildman–Crippen MR) is 116 cm³/mol. The van der Waals surface area contributed by atoms with Crippen molar-refractivity contribution in [1.29, 1.82) is 0 Å². The van der Waals surface area contributed by atoms with Gasteiger partial charge in [0, 0.05) is 37.6 Å². The molecule has 3 fully saturated rings. The third-order valence-corrected chi connectivity index (χ3v) is 7.63. The summed E-state index contributed by atoms with van der Waals surface area (Å²) in [6.45, 7) is 4.29. The molecular weight excluding hydrogens is 356 g/mol. The minimum absolute atomic E-state index is 0.111. The van der Waals surface area contributed by atoms with E-state index in [9.17, 15) is 4.79 Å². The number of nitrogens with zero attached hydrogens (tertiary/aromatic N) is 2. The van der Waals surface area contributed by atoms with Gasteiger partial charge < -0.3 is 4.90 Å². The van der Waals surface area contributed by atoms with Gasteiger partial charge in [-0.05, 0) is 29.9 Å². The molecule has 5 rings (SSSR count). The van der Waals surface area contributed by atoms with E-state index in [1.807, 2.05) is 18.2 Å². The van der Waals surface area contributed by atoms with Gasteiger partial charge in [0.1, 0.15) is 0 Å². The monoisotopic (exact) mass is 388 g/mol. The van der Waals surface area contributed by atoms with Crippen molar-refractivity contribution in [3.8, 4) is 0 Å². The van der Waals surface area contributed by atoms with E-state index in [1.165, 1.54) is 37.7 Å². The normalized spacial score (nSPS) is 26.0. The molecule has 2 heterocycles. The van der Waals surface area contributed by atoms with Gasteiger partial charge in [0.05, 0.1) is 6.42 Å². The molecule has 3 heteroatoms. The third-order valence-electron chi connectivity index (χ3n) is 7.63. The summed E-state index contributed by atoms with van der Waals surface area (Å²) in [4.78, 5) is 18.4. The summed E-state index contributed by atoms with van der Waals surface area (Å²) in [6, 6.07) is 21.1. The Morgan fingerprint density at radius 2 is 1.48 bits per heavy atom. The molecule has 1 saturated carbocycles. The quantitative estimate of drug-likeness (QED) is 0.769. The topological polar surface area (TPSA) is 23.6 Å². The summed E-state index contributed by atoms with van der Waals surface area (Å²) in [6.07, 6.45) is 6.83. The average Bonchev–Trinajstić information content (AvgIpc) is 3.28. The maximum absolute atomic E-state index is 13.4. The van der Waals surface area contributed by atoms with Crippen LogP contribution in [0.5, 0.6) is 0 Å². The zero-order valence-electron chi connectivity index (χ0n) is 17.3. The van der Waals surface area contributed by atoms with Crippen LogP contribution in [0.4, 0.5) is 0 Å². The highest BCUT2D eigenvalue weighted by Crippen LogP contribution is 2.51. The van der Waals surface area contributed by atoms with E-state index >= 15 is 0 Å². The highest BCUT2D eigenvalue weighted by Gasteiger charge is 2.57. The lowest BCUT2D eigenvalue weighted by Gasteiger charge is -2.45. The molecule has 2 saturated heterocycles. The first-order chi connectivity index (χ1) is 14.2. The Balaban J connectivity index is 1.34. The van der Waals surface area contributed by atoms with Crippen LogP contribution < -0.4 is 0 Å². The predicted octanol–water partition coefficient (Wildman–Crippen LogP) is 4.52. The van der Waals surface area contributed by atoms with E-state index in [0.717, 1.165) is 31.7 Å². The van der Waals surface area contributed by atoms with Crippen molar-refractivity contribution in [2.75, 3.05) is 19.6 Å². The highest BCUT2D eigenvalue weighted by atomic mass is 16.2. The number of hydrogen-bond donors (Lipinski definition) is 0. The van der Waals surface area contributed by atoms with Gasteiger partial charge in [-0.25, -0.2) is 0 Å². The molecule has 29 heavy (non-hydrogen) atoms. The highest BCUT2D eigenvalue weighted by molar-refractivity contribution is 5.80. The lowest BCUT2D eigenvalue weighted by atomic mass is 9.71. The second-order valence-electron chi connectivity index (χ2n) is 9.38. The Bertz CT molecular complexity index is 828. The zero-order valence-corrected chi connectivity index (χ0v) is 17.3. The molecule has 1 amide bonds. The lowest BCUT2D eigenvalue weighted by molar-refractivity contribution is -0.137. The fourth-order valence-corrected chi connectivity index (χ4v) is 6.36. The van der Waals surface area contributed by atoms with Crippen LogP contribution in [-0.2, 0) is 17.8 Å². The number of likely N-dealkylation sites (tertiary alicyclic amines) is 2. The maximum Gasteiger partial charge on any atom is 0.227 e. The van der Waals surface area contributed by atoms with Gasteiger partial charge >= 0.3 is 0 Å². The Morgan fingerprint density at radius 1 is 0.828 bits per heavy atom. The standard InChI is InChI=1S/C26H32N2O/c29-25(16-21-10-4-1-5-11-21)28-19-23-18-27(17-22-12-6-2-7-13-22)20-24(23)26(28)14-8-3-9-15-26/h1-2,4-7,10-13,23-24H,3,8-9,14-20H2. The van der Waals surface area contributed by atoms with E-state index in [1.54, 1.807) is 0 Å². The fraction of sp³-hybridized carbons (Fsp3) is 0.500. The Kier molecular flexibility index (Phi) is 5.17. The molecule has 0 radical (unpaired) electrons. The van der Waals surface area contributed by atoms with E-state index in [2.05, 4.69) is 52.3 Å². The molecule has 2 unspecified atom stereocenters. The van der Waals surface area contributed by atoms with Gasteiger partial charge in [-0.15, -0.1) is 0 Å². The van der Waals surface area contributed by atoms with Crippen molar-refractivity contribution in [3.63, 3.8) is 0 Å². The summed E-state index contributed by atoms with van der Waals surface area (Å²) in [5, 5.41) is 0. The zero-order chi connectivity index (χ0) is 19.7. The molecule has 2 aliphatic heterocycles. The number of rotatable bonds is 4. The van der Waals surface area contributed by atoms with Gasteiger partial charge in [0.15, 0.2) is 0 Å². The number of carbonyl (C=O) groups is 1. The summed E-state index contributed by atoms with van der Waals surface area (Å²) in [7, 11) is 0. The average molecular weight is 389 g/mol. The second kappa shape index (κ2) is 7.95. The molecule has 1 spiro atoms. The molecule has 2 aromatic carbocycles. The molecule has 1 aliphatic carbocycles. The number of benzene rings is 2. The first-order valence-corrected chi connectivity index (χ1v) is 11.4. The Morgan fingerprint density at radius 3 is 2.17 bits per heavy atom. The van der Waals surface area contributed by atoms with Crippen molar-refractivity contribution in [2.45, 2.75) is 50.6 Å². The molecule has 2 atom stereocenters. The van der Waals surface area contributed by atoms with Crippen LogP contribution in [-0.4, -0.2) is 40.9 Å². The van der Waals surface area contributed by atoms with Crippen molar-refractivity contribution < 1.29 is 4.79 Å². The SMILES string of the molecule is O=C(Cc1ccccc1)N1CC2CN(Cc3ccccc3)CC2C12CCCCC2. The number of amides is 1.